The molecule has 0 saturated carbocycles. The lowest BCUT2D eigenvalue weighted by molar-refractivity contribution is -0.128. The lowest BCUT2D eigenvalue weighted by atomic mass is 10.2. The van der Waals surface area contributed by atoms with Crippen molar-refractivity contribution < 1.29 is 13.9 Å². The van der Waals surface area contributed by atoms with Gasteiger partial charge in [-0.05, 0) is 34.7 Å². The number of ether oxygens (including phenoxy) is 1. The molecule has 0 bridgehead atoms. The molecule has 7 heteroatoms. The van der Waals surface area contributed by atoms with Crippen molar-refractivity contribution in [1.82, 2.24) is 20.2 Å². The molecule has 2 aromatic heterocycles. The van der Waals surface area contributed by atoms with Crippen LogP contribution < -0.4 is 4.74 Å². The van der Waals surface area contributed by atoms with Crippen LogP contribution in [-0.2, 0) is 4.79 Å². The SMILES string of the molecule is O=C(Oc1ccccc1)/C(=C/c1ccco1)n1nnnc1-c1ccccc1. The highest BCUT2D eigenvalue weighted by molar-refractivity contribution is 6.16. The predicted octanol–water partition coefficient (Wildman–Crippen LogP) is 3.54. The standard InChI is InChI=1S/C20H14N4O3/c25-20(27-16-10-5-2-6-11-16)18(14-17-12-7-13-26-17)24-19(21-22-23-24)15-8-3-1-4-9-15/h1-14H/b18-14-. The summed E-state index contributed by atoms with van der Waals surface area (Å²) in [5.41, 5.74) is 0.887. The highest BCUT2D eigenvalue weighted by Crippen LogP contribution is 2.22. The molecule has 0 aliphatic heterocycles. The van der Waals surface area contributed by atoms with Gasteiger partial charge in [0.2, 0.25) is 0 Å². The van der Waals surface area contributed by atoms with Gasteiger partial charge in [0.1, 0.15) is 11.5 Å². The van der Waals surface area contributed by atoms with Crippen LogP contribution in [0, 0.1) is 0 Å². The fourth-order valence-corrected chi connectivity index (χ4v) is 2.48. The molecule has 0 fully saturated rings. The molecular formula is C20H14N4O3. The number of hydrogen-bond acceptors (Lipinski definition) is 6. The Morgan fingerprint density at radius 1 is 0.963 bits per heavy atom. The van der Waals surface area contributed by atoms with Gasteiger partial charge in [0, 0.05) is 11.6 Å². The zero-order chi connectivity index (χ0) is 18.5. The first kappa shape index (κ1) is 16.5. The number of carbonyl (C=O) groups is 1. The van der Waals surface area contributed by atoms with Crippen LogP contribution >= 0.6 is 0 Å². The maximum absolute atomic E-state index is 12.9. The predicted molar refractivity (Wildman–Crippen MR) is 98.2 cm³/mol. The van der Waals surface area contributed by atoms with Crippen LogP contribution in [0.1, 0.15) is 5.76 Å². The number of hydrogen-bond donors (Lipinski definition) is 0. The van der Waals surface area contributed by atoms with Gasteiger partial charge < -0.3 is 9.15 Å². The third-order valence-electron chi connectivity index (χ3n) is 3.71. The second-order valence-electron chi connectivity index (χ2n) is 5.53. The summed E-state index contributed by atoms with van der Waals surface area (Å²) in [5.74, 6) is 0.701. The number of tetrazole rings is 1. The number of para-hydroxylation sites is 1. The van der Waals surface area contributed by atoms with Crippen molar-refractivity contribution in [1.29, 1.82) is 0 Å². The zero-order valence-electron chi connectivity index (χ0n) is 14.1. The van der Waals surface area contributed by atoms with E-state index in [1.807, 2.05) is 36.4 Å². The molecule has 2 heterocycles. The molecule has 0 radical (unpaired) electrons. The van der Waals surface area contributed by atoms with Gasteiger partial charge in [-0.25, -0.2) is 4.79 Å². The largest absolute Gasteiger partial charge is 0.465 e. The van der Waals surface area contributed by atoms with Crippen LogP contribution in [-0.4, -0.2) is 26.2 Å². The average molecular weight is 358 g/mol. The second-order valence-corrected chi connectivity index (χ2v) is 5.53. The lowest BCUT2D eigenvalue weighted by Gasteiger charge is -2.09. The Labute approximate surface area is 154 Å². The van der Waals surface area contributed by atoms with Gasteiger partial charge >= 0.3 is 5.97 Å². The number of carbonyl (C=O) groups excluding carboxylic acids is 1. The van der Waals surface area contributed by atoms with E-state index in [2.05, 4.69) is 15.5 Å². The normalized spacial score (nSPS) is 11.3. The Balaban J connectivity index is 1.76. The summed E-state index contributed by atoms with van der Waals surface area (Å²) in [6, 6.07) is 21.6. The van der Waals surface area contributed by atoms with Crippen LogP contribution in [0.4, 0.5) is 0 Å². The number of esters is 1. The Kier molecular flexibility index (Phi) is 4.57. The third-order valence-corrected chi connectivity index (χ3v) is 3.71. The third kappa shape index (κ3) is 3.67. The van der Waals surface area contributed by atoms with Crippen molar-refractivity contribution in [2.24, 2.45) is 0 Å². The van der Waals surface area contributed by atoms with Gasteiger partial charge in [0.05, 0.1) is 6.26 Å². The first-order chi connectivity index (χ1) is 13.3. The summed E-state index contributed by atoms with van der Waals surface area (Å²) in [6.07, 6.45) is 3.05. The van der Waals surface area contributed by atoms with E-state index in [9.17, 15) is 4.79 Å². The van der Waals surface area contributed by atoms with E-state index in [1.54, 1.807) is 36.4 Å². The van der Waals surface area contributed by atoms with Crippen LogP contribution in [0.3, 0.4) is 0 Å². The smallest absolute Gasteiger partial charge is 0.362 e. The van der Waals surface area contributed by atoms with Crippen LogP contribution in [0.15, 0.2) is 83.5 Å². The number of furan rings is 1. The van der Waals surface area contributed by atoms with Crippen molar-refractivity contribution in [3.8, 4) is 17.1 Å². The van der Waals surface area contributed by atoms with Gasteiger partial charge in [-0.2, -0.15) is 4.68 Å². The molecule has 0 atom stereocenters. The molecule has 132 valence electrons. The summed E-state index contributed by atoms with van der Waals surface area (Å²) in [5, 5.41) is 11.8. The van der Waals surface area contributed by atoms with Crippen LogP contribution in [0.5, 0.6) is 5.75 Å². The van der Waals surface area contributed by atoms with E-state index >= 15 is 0 Å². The minimum absolute atomic E-state index is 0.123. The summed E-state index contributed by atoms with van der Waals surface area (Å²) in [6.45, 7) is 0. The van der Waals surface area contributed by atoms with Crippen molar-refractivity contribution >= 4 is 17.7 Å². The molecule has 4 aromatic rings. The Morgan fingerprint density at radius 2 is 1.70 bits per heavy atom. The van der Waals surface area contributed by atoms with E-state index in [0.29, 0.717) is 17.3 Å². The molecular weight excluding hydrogens is 344 g/mol. The number of rotatable bonds is 5. The molecule has 2 aromatic carbocycles. The molecule has 0 saturated heterocycles. The van der Waals surface area contributed by atoms with Gasteiger partial charge in [0.25, 0.3) is 0 Å². The fourth-order valence-electron chi connectivity index (χ4n) is 2.48. The highest BCUT2D eigenvalue weighted by atomic mass is 16.5. The van der Waals surface area contributed by atoms with Crippen molar-refractivity contribution in [3.63, 3.8) is 0 Å². The molecule has 27 heavy (non-hydrogen) atoms. The van der Waals surface area contributed by atoms with E-state index in [4.69, 9.17) is 9.15 Å². The summed E-state index contributed by atoms with van der Waals surface area (Å²) in [4.78, 5) is 12.9. The summed E-state index contributed by atoms with van der Waals surface area (Å²) in [7, 11) is 0. The molecule has 7 nitrogen and oxygen atoms in total. The van der Waals surface area contributed by atoms with E-state index < -0.39 is 5.97 Å². The molecule has 0 unspecified atom stereocenters. The molecule has 0 amide bonds. The fraction of sp³-hybridized carbons (Fsp3) is 0. The van der Waals surface area contributed by atoms with E-state index in [-0.39, 0.29) is 5.70 Å². The Morgan fingerprint density at radius 3 is 2.41 bits per heavy atom. The second kappa shape index (κ2) is 7.49. The van der Waals surface area contributed by atoms with Crippen molar-refractivity contribution in [2.45, 2.75) is 0 Å². The summed E-state index contributed by atoms with van der Waals surface area (Å²) >= 11 is 0. The number of aromatic nitrogens is 4. The van der Waals surface area contributed by atoms with E-state index in [0.717, 1.165) is 5.56 Å². The topological polar surface area (TPSA) is 83.0 Å². The number of benzene rings is 2. The van der Waals surface area contributed by atoms with Crippen LogP contribution in [0.2, 0.25) is 0 Å². The maximum Gasteiger partial charge on any atom is 0.362 e. The molecule has 0 spiro atoms. The zero-order valence-corrected chi connectivity index (χ0v) is 14.1. The quantitative estimate of drug-likeness (QED) is 0.308. The average Bonchev–Trinajstić information content (AvgIpc) is 3.39. The Hall–Kier alpha value is -4.00. The molecule has 4 rings (SSSR count). The maximum atomic E-state index is 12.9. The monoisotopic (exact) mass is 358 g/mol. The first-order valence-corrected chi connectivity index (χ1v) is 8.18. The minimum atomic E-state index is -0.609. The van der Waals surface area contributed by atoms with Gasteiger partial charge in [-0.15, -0.1) is 5.10 Å². The van der Waals surface area contributed by atoms with Crippen LogP contribution in [0.25, 0.3) is 23.2 Å². The van der Waals surface area contributed by atoms with Gasteiger partial charge in [-0.3, -0.25) is 0 Å². The van der Waals surface area contributed by atoms with E-state index in [1.165, 1.54) is 17.0 Å². The van der Waals surface area contributed by atoms with Gasteiger partial charge in [-0.1, -0.05) is 48.5 Å². The molecule has 0 N–H and O–H groups in total. The first-order valence-electron chi connectivity index (χ1n) is 8.18. The highest BCUT2D eigenvalue weighted by Gasteiger charge is 2.21. The van der Waals surface area contributed by atoms with Crippen molar-refractivity contribution in [2.75, 3.05) is 0 Å². The van der Waals surface area contributed by atoms with Gasteiger partial charge in [0.15, 0.2) is 11.5 Å². The molecule has 0 aliphatic carbocycles. The Bertz CT molecular complexity index is 1060. The summed E-state index contributed by atoms with van der Waals surface area (Å²) < 4.78 is 12.2. The number of nitrogens with zero attached hydrogens (tertiary/aromatic N) is 4. The van der Waals surface area contributed by atoms with Crippen molar-refractivity contribution in [3.05, 3.63) is 84.8 Å². The molecule has 0 aliphatic rings. The minimum Gasteiger partial charge on any atom is -0.465 e. The lowest BCUT2D eigenvalue weighted by Crippen LogP contribution is -2.17.